The highest BCUT2D eigenvalue weighted by Crippen LogP contribution is 2.43. The molecule has 0 saturated heterocycles. The average molecular weight is 232 g/mol. The molecular weight excluding hydrogens is 207 g/mol. The maximum atomic E-state index is 11.5. The van der Waals surface area contributed by atoms with Crippen LogP contribution in [0, 0.1) is 0 Å². The highest BCUT2D eigenvalue weighted by Gasteiger charge is 2.11. The molecule has 0 aliphatic carbocycles. The maximum Gasteiger partial charge on any atom is 0.222 e. The van der Waals surface area contributed by atoms with Crippen LogP contribution in [0.25, 0.3) is 0 Å². The second-order valence-corrected chi connectivity index (χ2v) is 6.30. The number of hydrogen-bond acceptors (Lipinski definition) is 1. The van der Waals surface area contributed by atoms with Crippen molar-refractivity contribution in [1.29, 1.82) is 0 Å². The maximum absolute atomic E-state index is 11.5. The highest BCUT2D eigenvalue weighted by atomic mass is 31.2. The summed E-state index contributed by atoms with van der Waals surface area (Å²) in [4.78, 5) is 9.52. The molecule has 0 saturated carbocycles. The van der Waals surface area contributed by atoms with Crippen molar-refractivity contribution in [2.24, 2.45) is 0 Å². The van der Waals surface area contributed by atoms with Crippen molar-refractivity contribution in [2.45, 2.75) is 58.8 Å². The van der Waals surface area contributed by atoms with Crippen molar-refractivity contribution in [3.8, 4) is 0 Å². The molecule has 90 valence electrons. The zero-order chi connectivity index (χ0) is 11.6. The summed E-state index contributed by atoms with van der Waals surface area (Å²) in [5.41, 5.74) is 0. The Bertz CT molecular complexity index is 212. The molecule has 0 aliphatic rings. The summed E-state index contributed by atoms with van der Waals surface area (Å²) in [6.45, 7) is 4.17. The van der Waals surface area contributed by atoms with Crippen LogP contribution in [0.15, 0.2) is 11.9 Å². The molecule has 0 spiro atoms. The lowest BCUT2D eigenvalue weighted by molar-refractivity contribution is 0.484. The van der Waals surface area contributed by atoms with E-state index in [0.29, 0.717) is 6.16 Å². The van der Waals surface area contributed by atoms with Crippen LogP contribution < -0.4 is 0 Å². The lowest BCUT2D eigenvalue weighted by atomic mass is 10.1. The Kier molecular flexibility index (Phi) is 9.13. The van der Waals surface area contributed by atoms with Crippen LogP contribution in [0.3, 0.4) is 0 Å². The van der Waals surface area contributed by atoms with E-state index < -0.39 is 7.37 Å². The van der Waals surface area contributed by atoms with Crippen LogP contribution in [0.2, 0.25) is 0 Å². The monoisotopic (exact) mass is 232 g/mol. The molecule has 0 radical (unpaired) electrons. The van der Waals surface area contributed by atoms with E-state index in [0.717, 1.165) is 19.3 Å². The van der Waals surface area contributed by atoms with Gasteiger partial charge in [-0.05, 0) is 18.7 Å². The minimum Gasteiger partial charge on any atom is -0.341 e. The van der Waals surface area contributed by atoms with Gasteiger partial charge in [-0.15, -0.1) is 0 Å². The number of hydrogen-bond donors (Lipinski definition) is 1. The van der Waals surface area contributed by atoms with Crippen LogP contribution in [0.4, 0.5) is 0 Å². The topological polar surface area (TPSA) is 37.3 Å². The van der Waals surface area contributed by atoms with Gasteiger partial charge in [0.05, 0.1) is 0 Å². The predicted molar refractivity (Wildman–Crippen MR) is 67.5 cm³/mol. The highest BCUT2D eigenvalue weighted by molar-refractivity contribution is 7.61. The fraction of sp³-hybridized carbons (Fsp3) is 0.833. The van der Waals surface area contributed by atoms with Gasteiger partial charge in [0, 0.05) is 6.16 Å². The van der Waals surface area contributed by atoms with E-state index in [1.165, 1.54) is 31.5 Å². The molecule has 0 aromatic rings. The second-order valence-electron chi connectivity index (χ2n) is 4.04. The molecule has 0 aliphatic heterocycles. The Morgan fingerprint density at radius 1 is 1.07 bits per heavy atom. The van der Waals surface area contributed by atoms with E-state index >= 15 is 0 Å². The van der Waals surface area contributed by atoms with Gasteiger partial charge in [0.15, 0.2) is 0 Å². The molecule has 0 amide bonds. The SMILES string of the molecule is CCC=CP(=O)(O)CCCCCCCC. The Morgan fingerprint density at radius 3 is 2.27 bits per heavy atom. The molecule has 1 unspecified atom stereocenters. The number of unbranched alkanes of at least 4 members (excludes halogenated alkanes) is 5. The molecule has 1 N–H and O–H groups in total. The number of allylic oxidation sites excluding steroid dienone is 1. The second kappa shape index (κ2) is 9.18. The smallest absolute Gasteiger partial charge is 0.222 e. The summed E-state index contributed by atoms with van der Waals surface area (Å²) < 4.78 is 11.5. The molecule has 0 fully saturated rings. The first kappa shape index (κ1) is 14.9. The molecule has 2 nitrogen and oxygen atoms in total. The number of rotatable bonds is 9. The van der Waals surface area contributed by atoms with E-state index in [1.807, 2.05) is 6.92 Å². The average Bonchev–Trinajstić information content (AvgIpc) is 2.20. The summed E-state index contributed by atoms with van der Waals surface area (Å²) in [6, 6.07) is 0. The minimum atomic E-state index is -2.95. The molecule has 0 aromatic carbocycles. The van der Waals surface area contributed by atoms with Gasteiger partial charge in [0.25, 0.3) is 0 Å². The van der Waals surface area contributed by atoms with E-state index in [1.54, 1.807) is 6.08 Å². The molecule has 0 bridgehead atoms. The standard InChI is InChI=1S/C12H25O2P/c1-3-5-7-8-9-10-12-15(13,14)11-6-4-2/h6,11H,3-5,7-10,12H2,1-2H3,(H,13,14). The van der Waals surface area contributed by atoms with Crippen molar-refractivity contribution >= 4 is 7.37 Å². The largest absolute Gasteiger partial charge is 0.341 e. The normalized spacial score (nSPS) is 15.7. The lowest BCUT2D eigenvalue weighted by Gasteiger charge is -2.06. The van der Waals surface area contributed by atoms with Gasteiger partial charge in [0.2, 0.25) is 7.37 Å². The summed E-state index contributed by atoms with van der Waals surface area (Å²) in [6.07, 6.45) is 10.0. The summed E-state index contributed by atoms with van der Waals surface area (Å²) in [7, 11) is -2.95. The van der Waals surface area contributed by atoms with Gasteiger partial charge in [-0.1, -0.05) is 52.0 Å². The van der Waals surface area contributed by atoms with Gasteiger partial charge >= 0.3 is 0 Å². The van der Waals surface area contributed by atoms with Crippen molar-refractivity contribution in [1.82, 2.24) is 0 Å². The van der Waals surface area contributed by atoms with E-state index in [9.17, 15) is 9.46 Å². The zero-order valence-electron chi connectivity index (χ0n) is 10.1. The fourth-order valence-corrected chi connectivity index (χ4v) is 2.83. The van der Waals surface area contributed by atoms with Crippen LogP contribution in [0.5, 0.6) is 0 Å². The zero-order valence-corrected chi connectivity index (χ0v) is 11.0. The molecule has 3 heteroatoms. The fourth-order valence-electron chi connectivity index (χ4n) is 1.46. The van der Waals surface area contributed by atoms with E-state index in [2.05, 4.69) is 6.92 Å². The van der Waals surface area contributed by atoms with Crippen molar-refractivity contribution in [2.75, 3.05) is 6.16 Å². The Balaban J connectivity index is 3.49. The van der Waals surface area contributed by atoms with Gasteiger partial charge in [0.1, 0.15) is 0 Å². The van der Waals surface area contributed by atoms with Crippen LogP contribution in [-0.2, 0) is 4.57 Å². The molecule has 1 atom stereocenters. The van der Waals surface area contributed by atoms with Crippen molar-refractivity contribution < 1.29 is 9.46 Å². The molecule has 0 aromatic heterocycles. The Labute approximate surface area is 94.2 Å². The quantitative estimate of drug-likeness (QED) is 0.468. The Morgan fingerprint density at radius 2 is 1.67 bits per heavy atom. The third-order valence-corrected chi connectivity index (χ3v) is 4.04. The Hall–Kier alpha value is -0.0700. The van der Waals surface area contributed by atoms with Crippen molar-refractivity contribution in [3.63, 3.8) is 0 Å². The van der Waals surface area contributed by atoms with Gasteiger partial charge < -0.3 is 4.89 Å². The lowest BCUT2D eigenvalue weighted by Crippen LogP contribution is -1.87. The molecule has 15 heavy (non-hydrogen) atoms. The molecular formula is C12H25O2P. The summed E-state index contributed by atoms with van der Waals surface area (Å²) in [5, 5.41) is 0. The van der Waals surface area contributed by atoms with Crippen molar-refractivity contribution in [3.05, 3.63) is 11.9 Å². The predicted octanol–water partition coefficient (Wildman–Crippen LogP) is 4.54. The first-order valence-electron chi connectivity index (χ1n) is 6.11. The van der Waals surface area contributed by atoms with Gasteiger partial charge in [-0.2, -0.15) is 0 Å². The first-order valence-corrected chi connectivity index (χ1v) is 8.03. The summed E-state index contributed by atoms with van der Waals surface area (Å²) >= 11 is 0. The molecule has 0 heterocycles. The van der Waals surface area contributed by atoms with Gasteiger partial charge in [-0.3, -0.25) is 4.57 Å². The van der Waals surface area contributed by atoms with E-state index in [-0.39, 0.29) is 0 Å². The van der Waals surface area contributed by atoms with E-state index in [4.69, 9.17) is 0 Å². The third-order valence-electron chi connectivity index (χ3n) is 2.41. The van der Waals surface area contributed by atoms with Crippen LogP contribution in [0.1, 0.15) is 58.8 Å². The van der Waals surface area contributed by atoms with Crippen LogP contribution >= 0.6 is 7.37 Å². The van der Waals surface area contributed by atoms with Gasteiger partial charge in [-0.25, -0.2) is 0 Å². The first-order chi connectivity index (χ1) is 7.12. The van der Waals surface area contributed by atoms with Crippen LogP contribution in [-0.4, -0.2) is 11.1 Å². The summed E-state index contributed by atoms with van der Waals surface area (Å²) in [5.74, 6) is 1.50. The third kappa shape index (κ3) is 10.2. The molecule has 0 rings (SSSR count). The minimum absolute atomic E-state index is 0.454.